The molecule has 4 N–H and O–H groups in total. The number of aliphatic hydroxyl groups is 1. The standard InChI is InChI=1S/C31H37N3O6/c1-31(2,3)40-29(37)33-25(19-22-13-7-4-8-14-22)26(35)20-34(27(28(32)36)24-17-11-6-12-18-24)30(38)39-21-23-15-9-5-10-16-23/h4-18,25-27,35H,19-21H2,1-3H3,(H2,32,36)(H,33,37)/t25-,26-,27-/m0/s1. The second-order valence-corrected chi connectivity index (χ2v) is 10.4. The maximum absolute atomic E-state index is 13.4. The zero-order chi connectivity index (χ0) is 29.1. The highest BCUT2D eigenvalue weighted by molar-refractivity contribution is 5.85. The van der Waals surface area contributed by atoms with Crippen LogP contribution in [0.5, 0.6) is 0 Å². The second-order valence-electron chi connectivity index (χ2n) is 10.4. The monoisotopic (exact) mass is 547 g/mol. The van der Waals surface area contributed by atoms with Crippen molar-refractivity contribution in [2.75, 3.05) is 6.54 Å². The third-order valence-corrected chi connectivity index (χ3v) is 5.98. The van der Waals surface area contributed by atoms with Gasteiger partial charge in [-0.2, -0.15) is 0 Å². The van der Waals surface area contributed by atoms with Crippen LogP contribution in [0.15, 0.2) is 91.0 Å². The molecule has 3 aromatic carbocycles. The lowest BCUT2D eigenvalue weighted by molar-refractivity contribution is -0.123. The summed E-state index contributed by atoms with van der Waals surface area (Å²) in [6, 6.07) is 24.8. The van der Waals surface area contributed by atoms with Crippen LogP contribution in [-0.2, 0) is 27.3 Å². The minimum absolute atomic E-state index is 0.0455. The minimum atomic E-state index is -1.32. The van der Waals surface area contributed by atoms with Crippen molar-refractivity contribution in [3.8, 4) is 0 Å². The van der Waals surface area contributed by atoms with Crippen molar-refractivity contribution in [1.29, 1.82) is 0 Å². The van der Waals surface area contributed by atoms with E-state index in [1.165, 1.54) is 0 Å². The van der Waals surface area contributed by atoms with Gasteiger partial charge < -0.3 is 25.6 Å². The molecule has 0 bridgehead atoms. The van der Waals surface area contributed by atoms with E-state index in [0.717, 1.165) is 16.0 Å². The molecule has 0 aliphatic carbocycles. The molecule has 212 valence electrons. The van der Waals surface area contributed by atoms with E-state index in [9.17, 15) is 19.5 Å². The Hall–Kier alpha value is -4.37. The first-order valence-corrected chi connectivity index (χ1v) is 13.1. The van der Waals surface area contributed by atoms with Gasteiger partial charge in [0.1, 0.15) is 18.2 Å². The number of hydrogen-bond donors (Lipinski definition) is 3. The number of amides is 3. The summed E-state index contributed by atoms with van der Waals surface area (Å²) in [6.45, 7) is 4.80. The third-order valence-electron chi connectivity index (χ3n) is 5.98. The van der Waals surface area contributed by atoms with Gasteiger partial charge in [0.2, 0.25) is 5.91 Å². The molecule has 0 fully saturated rings. The van der Waals surface area contributed by atoms with Crippen LogP contribution in [0.4, 0.5) is 9.59 Å². The Morgan fingerprint density at radius 2 is 1.40 bits per heavy atom. The summed E-state index contributed by atoms with van der Waals surface area (Å²) in [7, 11) is 0. The van der Waals surface area contributed by atoms with Gasteiger partial charge in [-0.3, -0.25) is 9.69 Å². The second kappa shape index (κ2) is 14.1. The summed E-state index contributed by atoms with van der Waals surface area (Å²) in [5, 5.41) is 14.2. The number of nitrogens with zero attached hydrogens (tertiary/aromatic N) is 1. The van der Waals surface area contributed by atoms with Crippen LogP contribution in [-0.4, -0.2) is 52.4 Å². The van der Waals surface area contributed by atoms with Crippen molar-refractivity contribution in [1.82, 2.24) is 10.2 Å². The fourth-order valence-corrected chi connectivity index (χ4v) is 4.16. The number of nitrogens with one attached hydrogen (secondary N) is 1. The maximum atomic E-state index is 13.4. The van der Waals surface area contributed by atoms with Crippen molar-refractivity contribution in [2.45, 2.75) is 57.6 Å². The third kappa shape index (κ3) is 9.43. The van der Waals surface area contributed by atoms with Crippen LogP contribution >= 0.6 is 0 Å². The van der Waals surface area contributed by atoms with E-state index in [0.29, 0.717) is 5.56 Å². The van der Waals surface area contributed by atoms with Crippen molar-refractivity contribution in [3.05, 3.63) is 108 Å². The average molecular weight is 548 g/mol. The summed E-state index contributed by atoms with van der Waals surface area (Å²) in [4.78, 5) is 39.9. The number of rotatable bonds is 11. The van der Waals surface area contributed by atoms with Gasteiger partial charge in [0.15, 0.2) is 0 Å². The Kier molecular flexibility index (Phi) is 10.7. The summed E-state index contributed by atoms with van der Waals surface area (Å²) in [5.41, 5.74) is 7.07. The first-order chi connectivity index (χ1) is 19.0. The van der Waals surface area contributed by atoms with Crippen LogP contribution in [0.1, 0.15) is 43.5 Å². The van der Waals surface area contributed by atoms with Crippen LogP contribution in [0.2, 0.25) is 0 Å². The minimum Gasteiger partial charge on any atom is -0.445 e. The van der Waals surface area contributed by atoms with E-state index >= 15 is 0 Å². The number of carbonyl (C=O) groups excluding carboxylic acids is 3. The van der Waals surface area contributed by atoms with Crippen molar-refractivity contribution in [3.63, 3.8) is 0 Å². The van der Waals surface area contributed by atoms with Gasteiger partial charge in [0.05, 0.1) is 18.7 Å². The quantitative estimate of drug-likeness (QED) is 0.327. The molecule has 0 aliphatic heterocycles. The first kappa shape index (κ1) is 30.2. The molecular formula is C31H37N3O6. The van der Waals surface area contributed by atoms with E-state index in [-0.39, 0.29) is 19.6 Å². The van der Waals surface area contributed by atoms with Crippen molar-refractivity contribution in [2.24, 2.45) is 5.73 Å². The Labute approximate surface area is 234 Å². The average Bonchev–Trinajstić information content (AvgIpc) is 2.91. The zero-order valence-corrected chi connectivity index (χ0v) is 23.0. The predicted molar refractivity (Wildman–Crippen MR) is 151 cm³/mol. The molecule has 40 heavy (non-hydrogen) atoms. The molecule has 0 saturated carbocycles. The summed E-state index contributed by atoms with van der Waals surface area (Å²) in [5.74, 6) is -0.797. The lowest BCUT2D eigenvalue weighted by Gasteiger charge is -2.34. The molecule has 0 unspecified atom stereocenters. The summed E-state index contributed by atoms with van der Waals surface area (Å²) in [6.07, 6.45) is -2.64. The van der Waals surface area contributed by atoms with Crippen LogP contribution in [0, 0.1) is 0 Å². The van der Waals surface area contributed by atoms with Gasteiger partial charge in [0.25, 0.3) is 0 Å². The van der Waals surface area contributed by atoms with E-state index in [4.69, 9.17) is 15.2 Å². The van der Waals surface area contributed by atoms with Gasteiger partial charge in [-0.05, 0) is 43.9 Å². The number of nitrogens with two attached hydrogens (primary N) is 1. The molecule has 0 heterocycles. The SMILES string of the molecule is CC(C)(C)OC(=O)N[C@@H](Cc1ccccc1)[C@@H](O)CN(C(=O)OCc1ccccc1)[C@H](C(N)=O)c1ccccc1. The molecule has 0 aliphatic rings. The van der Waals surface area contributed by atoms with E-state index < -0.39 is 41.9 Å². The molecule has 0 aromatic heterocycles. The molecule has 9 nitrogen and oxygen atoms in total. The molecule has 3 rings (SSSR count). The fraction of sp³-hybridized carbons (Fsp3) is 0.323. The topological polar surface area (TPSA) is 131 Å². The Morgan fingerprint density at radius 1 is 0.875 bits per heavy atom. The zero-order valence-electron chi connectivity index (χ0n) is 23.0. The van der Waals surface area contributed by atoms with Gasteiger partial charge in [-0.25, -0.2) is 9.59 Å². The first-order valence-electron chi connectivity index (χ1n) is 13.1. The Bertz CT molecular complexity index is 1230. The molecule has 3 amide bonds. The number of ether oxygens (including phenoxy) is 2. The summed E-state index contributed by atoms with van der Waals surface area (Å²) < 4.78 is 11.0. The van der Waals surface area contributed by atoms with E-state index in [2.05, 4.69) is 5.32 Å². The normalized spacial score (nSPS) is 13.4. The van der Waals surface area contributed by atoms with Crippen molar-refractivity contribution >= 4 is 18.1 Å². The molecule has 0 saturated heterocycles. The van der Waals surface area contributed by atoms with Crippen LogP contribution in [0.3, 0.4) is 0 Å². The number of aliphatic hydroxyl groups excluding tert-OH is 1. The van der Waals surface area contributed by atoms with E-state index in [1.54, 1.807) is 63.2 Å². The highest BCUT2D eigenvalue weighted by Crippen LogP contribution is 2.23. The Morgan fingerprint density at radius 3 is 1.93 bits per heavy atom. The highest BCUT2D eigenvalue weighted by atomic mass is 16.6. The smallest absolute Gasteiger partial charge is 0.411 e. The molecular weight excluding hydrogens is 510 g/mol. The van der Waals surface area contributed by atoms with Crippen molar-refractivity contribution < 1.29 is 29.0 Å². The van der Waals surface area contributed by atoms with Gasteiger partial charge in [-0.15, -0.1) is 0 Å². The number of benzene rings is 3. The molecule has 3 aromatic rings. The molecule has 3 atom stereocenters. The number of carbonyl (C=O) groups is 3. The number of hydrogen-bond acceptors (Lipinski definition) is 6. The van der Waals surface area contributed by atoms with Crippen LogP contribution < -0.4 is 11.1 Å². The lowest BCUT2D eigenvalue weighted by atomic mass is 9.99. The number of alkyl carbamates (subject to hydrolysis) is 1. The van der Waals surface area contributed by atoms with Gasteiger partial charge in [-0.1, -0.05) is 91.0 Å². The Balaban J connectivity index is 1.90. The largest absolute Gasteiger partial charge is 0.445 e. The van der Waals surface area contributed by atoms with Crippen LogP contribution in [0.25, 0.3) is 0 Å². The predicted octanol–water partition coefficient (Wildman–Crippen LogP) is 4.35. The highest BCUT2D eigenvalue weighted by Gasteiger charge is 2.35. The molecule has 9 heteroatoms. The fourth-order valence-electron chi connectivity index (χ4n) is 4.16. The molecule has 0 radical (unpaired) electrons. The molecule has 0 spiro atoms. The van der Waals surface area contributed by atoms with E-state index in [1.807, 2.05) is 48.5 Å². The van der Waals surface area contributed by atoms with Gasteiger partial charge in [0, 0.05) is 0 Å². The van der Waals surface area contributed by atoms with Gasteiger partial charge >= 0.3 is 12.2 Å². The maximum Gasteiger partial charge on any atom is 0.411 e. The summed E-state index contributed by atoms with van der Waals surface area (Å²) >= 11 is 0. The lowest BCUT2D eigenvalue weighted by Crippen LogP contribution is -2.53. The number of primary amides is 1.